The molecule has 1 aliphatic rings. The first-order valence-corrected chi connectivity index (χ1v) is 9.41. The van der Waals surface area contributed by atoms with Crippen LogP contribution in [0.4, 0.5) is 5.13 Å². The smallest absolute Gasteiger partial charge is 0.232 e. The van der Waals surface area contributed by atoms with Crippen molar-refractivity contribution in [3.63, 3.8) is 0 Å². The van der Waals surface area contributed by atoms with E-state index in [0.717, 1.165) is 35.6 Å². The normalized spacial score (nSPS) is 14.2. The molecule has 1 heterocycles. The van der Waals surface area contributed by atoms with Gasteiger partial charge in [-0.05, 0) is 44.0 Å². The summed E-state index contributed by atoms with van der Waals surface area (Å²) in [6.45, 7) is 3.58. The lowest BCUT2D eigenvalue weighted by molar-refractivity contribution is -0.124. The number of aromatic nitrogens is 2. The molecule has 7 heteroatoms. The predicted octanol–water partition coefficient (Wildman–Crippen LogP) is 3.38. The van der Waals surface area contributed by atoms with Gasteiger partial charge in [-0.2, -0.15) is 0 Å². The van der Waals surface area contributed by atoms with Gasteiger partial charge >= 0.3 is 0 Å². The van der Waals surface area contributed by atoms with Gasteiger partial charge in [-0.3, -0.25) is 9.69 Å². The summed E-state index contributed by atoms with van der Waals surface area (Å²) in [5.41, 5.74) is 0.968. The molecule has 1 aromatic heterocycles. The molecule has 134 valence electrons. The van der Waals surface area contributed by atoms with E-state index in [1.54, 1.807) is 12.0 Å². The maximum absolute atomic E-state index is 12.7. The predicted molar refractivity (Wildman–Crippen MR) is 98.1 cm³/mol. The fourth-order valence-corrected chi connectivity index (χ4v) is 3.54. The first-order valence-electron chi connectivity index (χ1n) is 8.60. The van der Waals surface area contributed by atoms with E-state index in [1.807, 2.05) is 31.2 Å². The monoisotopic (exact) mass is 361 g/mol. The van der Waals surface area contributed by atoms with Gasteiger partial charge in [0.1, 0.15) is 10.8 Å². The van der Waals surface area contributed by atoms with Gasteiger partial charge in [-0.25, -0.2) is 0 Å². The summed E-state index contributed by atoms with van der Waals surface area (Å²) in [6.07, 6.45) is 3.06. The van der Waals surface area contributed by atoms with E-state index in [1.165, 1.54) is 11.3 Å². The lowest BCUT2D eigenvalue weighted by atomic mass is 9.84. The molecule has 0 saturated heterocycles. The Kier molecular flexibility index (Phi) is 5.99. The summed E-state index contributed by atoms with van der Waals surface area (Å²) in [5.74, 6) is 1.09. The van der Waals surface area contributed by atoms with Crippen LogP contribution in [0.3, 0.4) is 0 Å². The van der Waals surface area contributed by atoms with Gasteiger partial charge in [0, 0.05) is 18.6 Å². The third kappa shape index (κ3) is 4.16. The number of benzene rings is 1. The minimum absolute atomic E-state index is 0.120. The van der Waals surface area contributed by atoms with E-state index in [4.69, 9.17) is 9.47 Å². The van der Waals surface area contributed by atoms with Crippen molar-refractivity contribution in [1.82, 2.24) is 10.2 Å². The molecular formula is C18H23N3O3S. The summed E-state index contributed by atoms with van der Waals surface area (Å²) < 4.78 is 10.6. The maximum Gasteiger partial charge on any atom is 0.232 e. The van der Waals surface area contributed by atoms with E-state index >= 15 is 0 Å². The Labute approximate surface area is 151 Å². The summed E-state index contributed by atoms with van der Waals surface area (Å²) >= 11 is 1.43. The molecule has 1 amide bonds. The Bertz CT molecular complexity index is 698. The maximum atomic E-state index is 12.7. The Hall–Kier alpha value is -1.99. The number of rotatable bonds is 8. The van der Waals surface area contributed by atoms with Crippen molar-refractivity contribution in [3.05, 3.63) is 24.3 Å². The summed E-state index contributed by atoms with van der Waals surface area (Å²) in [6, 6.07) is 7.76. The van der Waals surface area contributed by atoms with Gasteiger partial charge in [-0.1, -0.05) is 17.8 Å². The minimum atomic E-state index is 0.120. The van der Waals surface area contributed by atoms with Gasteiger partial charge in [0.05, 0.1) is 19.8 Å². The Morgan fingerprint density at radius 2 is 2.04 bits per heavy atom. The molecule has 0 spiro atoms. The molecule has 0 aliphatic heterocycles. The van der Waals surface area contributed by atoms with Crippen LogP contribution in [-0.2, 0) is 9.53 Å². The molecular weight excluding hydrogens is 338 g/mol. The van der Waals surface area contributed by atoms with Crippen LogP contribution in [0.25, 0.3) is 10.6 Å². The first-order chi connectivity index (χ1) is 12.2. The van der Waals surface area contributed by atoms with Crippen molar-refractivity contribution in [2.45, 2.75) is 26.2 Å². The highest BCUT2D eigenvalue weighted by atomic mass is 32.1. The quantitative estimate of drug-likeness (QED) is 0.721. The standard InChI is InChI=1S/C18H23N3O3S/c1-3-24-15-9-7-13(8-10-15)16-19-20-18(25-16)21(11-12-23-2)17(22)14-5-4-6-14/h7-10,14H,3-6,11-12H2,1-2H3. The summed E-state index contributed by atoms with van der Waals surface area (Å²) in [5, 5.41) is 9.95. The van der Waals surface area contributed by atoms with Crippen LogP contribution in [0.15, 0.2) is 24.3 Å². The molecule has 0 unspecified atom stereocenters. The fourth-order valence-electron chi connectivity index (χ4n) is 2.66. The molecule has 6 nitrogen and oxygen atoms in total. The molecule has 1 fully saturated rings. The van der Waals surface area contributed by atoms with E-state index in [0.29, 0.717) is 24.9 Å². The minimum Gasteiger partial charge on any atom is -0.494 e. The topological polar surface area (TPSA) is 64.6 Å². The second-order valence-electron chi connectivity index (χ2n) is 5.96. The van der Waals surface area contributed by atoms with Crippen LogP contribution >= 0.6 is 11.3 Å². The fraction of sp³-hybridized carbons (Fsp3) is 0.500. The Morgan fingerprint density at radius 1 is 1.28 bits per heavy atom. The molecule has 0 radical (unpaired) electrons. The van der Waals surface area contributed by atoms with Gasteiger partial charge < -0.3 is 9.47 Å². The number of ether oxygens (including phenoxy) is 2. The molecule has 2 aromatic rings. The highest BCUT2D eigenvalue weighted by Crippen LogP contribution is 2.33. The van der Waals surface area contributed by atoms with Gasteiger partial charge in [-0.15, -0.1) is 10.2 Å². The van der Waals surface area contributed by atoms with Crippen molar-refractivity contribution in [2.75, 3.05) is 31.8 Å². The average molecular weight is 361 g/mol. The molecule has 1 saturated carbocycles. The first kappa shape index (κ1) is 17.8. The number of amides is 1. The number of hydrogen-bond donors (Lipinski definition) is 0. The zero-order valence-electron chi connectivity index (χ0n) is 14.6. The average Bonchev–Trinajstić information content (AvgIpc) is 3.04. The van der Waals surface area contributed by atoms with E-state index in [-0.39, 0.29) is 11.8 Å². The van der Waals surface area contributed by atoms with Crippen LogP contribution in [-0.4, -0.2) is 43.0 Å². The van der Waals surface area contributed by atoms with Crippen LogP contribution in [0.5, 0.6) is 5.75 Å². The number of methoxy groups -OCH3 is 1. The zero-order valence-corrected chi connectivity index (χ0v) is 15.4. The Balaban J connectivity index is 1.77. The highest BCUT2D eigenvalue weighted by Gasteiger charge is 2.31. The van der Waals surface area contributed by atoms with Gasteiger partial charge in [0.15, 0.2) is 0 Å². The second kappa shape index (κ2) is 8.40. The largest absolute Gasteiger partial charge is 0.494 e. The zero-order chi connectivity index (χ0) is 17.6. The summed E-state index contributed by atoms with van der Waals surface area (Å²) in [7, 11) is 1.64. The Morgan fingerprint density at radius 3 is 2.64 bits per heavy atom. The number of hydrogen-bond acceptors (Lipinski definition) is 6. The number of nitrogens with zero attached hydrogens (tertiary/aromatic N) is 3. The number of anilines is 1. The SMILES string of the molecule is CCOc1ccc(-c2nnc(N(CCOC)C(=O)C3CCC3)s2)cc1. The molecule has 1 aromatic carbocycles. The van der Waals surface area contributed by atoms with Crippen molar-refractivity contribution in [2.24, 2.45) is 5.92 Å². The molecule has 0 N–H and O–H groups in total. The lowest BCUT2D eigenvalue weighted by Gasteiger charge is -2.29. The van der Waals surface area contributed by atoms with Crippen LogP contribution in [0, 0.1) is 5.92 Å². The van der Waals surface area contributed by atoms with E-state index < -0.39 is 0 Å². The number of carbonyl (C=O) groups excluding carboxylic acids is 1. The second-order valence-corrected chi connectivity index (χ2v) is 6.91. The van der Waals surface area contributed by atoms with E-state index in [2.05, 4.69) is 10.2 Å². The molecule has 3 rings (SSSR count). The lowest BCUT2D eigenvalue weighted by Crippen LogP contribution is -2.40. The summed E-state index contributed by atoms with van der Waals surface area (Å²) in [4.78, 5) is 14.4. The van der Waals surface area contributed by atoms with Crippen molar-refractivity contribution >= 4 is 22.4 Å². The highest BCUT2D eigenvalue weighted by molar-refractivity contribution is 7.18. The molecule has 1 aliphatic carbocycles. The van der Waals surface area contributed by atoms with Gasteiger partial charge in [0.25, 0.3) is 0 Å². The van der Waals surface area contributed by atoms with Crippen molar-refractivity contribution in [1.29, 1.82) is 0 Å². The van der Waals surface area contributed by atoms with Crippen LogP contribution in [0.2, 0.25) is 0 Å². The van der Waals surface area contributed by atoms with Crippen molar-refractivity contribution < 1.29 is 14.3 Å². The van der Waals surface area contributed by atoms with Crippen LogP contribution < -0.4 is 9.64 Å². The third-order valence-electron chi connectivity index (χ3n) is 4.30. The van der Waals surface area contributed by atoms with Crippen molar-refractivity contribution in [3.8, 4) is 16.3 Å². The van der Waals surface area contributed by atoms with Gasteiger partial charge in [0.2, 0.25) is 11.0 Å². The molecule has 0 atom stereocenters. The number of carbonyl (C=O) groups is 1. The molecule has 25 heavy (non-hydrogen) atoms. The van der Waals surface area contributed by atoms with Crippen LogP contribution in [0.1, 0.15) is 26.2 Å². The van der Waals surface area contributed by atoms with E-state index in [9.17, 15) is 4.79 Å². The molecule has 0 bridgehead atoms. The third-order valence-corrected chi connectivity index (χ3v) is 5.29.